The summed E-state index contributed by atoms with van der Waals surface area (Å²) in [6.45, 7) is 5.66. The van der Waals surface area contributed by atoms with E-state index < -0.39 is 29.1 Å². The van der Waals surface area contributed by atoms with Gasteiger partial charge in [0, 0.05) is 29.6 Å². The highest BCUT2D eigenvalue weighted by atomic mass is 16.5. The lowest BCUT2D eigenvalue weighted by atomic mass is 9.70. The van der Waals surface area contributed by atoms with Crippen molar-refractivity contribution in [3.63, 3.8) is 0 Å². The Morgan fingerprint density at radius 1 is 1.00 bits per heavy atom. The number of rotatable bonds is 5. The topological polar surface area (TPSA) is 90.3 Å². The summed E-state index contributed by atoms with van der Waals surface area (Å²) in [5, 5.41) is 21.6. The molecular weight excluding hydrogens is 504 g/mol. The standard InChI is InChI=1S/C33H36N2O5/c1-21-30(32(2,3)39)28(18-29(37)34-19-23-12-8-7-11-22(23)17-25(34)20-36)40-33(21)26-15-9-10-16-27(26)35(31(33)38)24-13-5-4-6-14-24/h4-16,21,25,28,30,36,39H,17-20H2,1-3H3/t21-,25-,28+,30-,33+/m0/s1. The SMILES string of the molecule is C[C@H]1[C@H](C(C)(C)O)[C@@H](CC(=O)N2Cc3ccccc3C[C@H]2CO)O[C@]12C(=O)N(c1ccccc1)c1ccccc12. The molecule has 0 unspecified atom stereocenters. The third-order valence-electron chi connectivity index (χ3n) is 9.08. The number of para-hydroxylation sites is 2. The zero-order valence-electron chi connectivity index (χ0n) is 23.2. The van der Waals surface area contributed by atoms with Gasteiger partial charge in [-0.3, -0.25) is 14.5 Å². The Hall–Kier alpha value is -3.52. The summed E-state index contributed by atoms with van der Waals surface area (Å²) in [4.78, 5) is 31.7. The molecule has 3 heterocycles. The number of aliphatic hydroxyl groups excluding tert-OH is 1. The number of carbonyl (C=O) groups excluding carboxylic acids is 2. The molecule has 1 spiro atoms. The fourth-order valence-electron chi connectivity index (χ4n) is 7.32. The van der Waals surface area contributed by atoms with Crippen LogP contribution in [0, 0.1) is 11.8 Å². The van der Waals surface area contributed by atoms with Gasteiger partial charge in [0.25, 0.3) is 5.91 Å². The van der Waals surface area contributed by atoms with Gasteiger partial charge >= 0.3 is 0 Å². The Labute approximate surface area is 235 Å². The minimum atomic E-state index is -1.34. The lowest BCUT2D eigenvalue weighted by Crippen LogP contribution is -2.48. The van der Waals surface area contributed by atoms with Gasteiger partial charge in [-0.25, -0.2) is 0 Å². The van der Waals surface area contributed by atoms with Crippen molar-refractivity contribution < 1.29 is 24.5 Å². The molecule has 208 valence electrons. The zero-order chi connectivity index (χ0) is 28.2. The summed E-state index contributed by atoms with van der Waals surface area (Å²) in [6.07, 6.45) is -0.121. The lowest BCUT2D eigenvalue weighted by molar-refractivity contribution is -0.151. The van der Waals surface area contributed by atoms with Crippen LogP contribution in [0.3, 0.4) is 0 Å². The second-order valence-corrected chi connectivity index (χ2v) is 11.9. The van der Waals surface area contributed by atoms with E-state index in [9.17, 15) is 19.8 Å². The molecule has 40 heavy (non-hydrogen) atoms. The zero-order valence-corrected chi connectivity index (χ0v) is 23.2. The normalized spacial score (nSPS) is 27.7. The molecule has 1 saturated heterocycles. The smallest absolute Gasteiger partial charge is 0.268 e. The first-order valence-corrected chi connectivity index (χ1v) is 14.0. The van der Waals surface area contributed by atoms with E-state index in [4.69, 9.17) is 4.74 Å². The van der Waals surface area contributed by atoms with Crippen LogP contribution in [0.2, 0.25) is 0 Å². The highest BCUT2D eigenvalue weighted by Crippen LogP contribution is 2.59. The second kappa shape index (κ2) is 9.84. The number of amides is 2. The summed E-state index contributed by atoms with van der Waals surface area (Å²) in [6, 6.07) is 24.8. The third-order valence-corrected chi connectivity index (χ3v) is 9.08. The maximum atomic E-state index is 14.4. The molecule has 3 aromatic rings. The molecule has 0 radical (unpaired) electrons. The molecule has 0 aromatic heterocycles. The van der Waals surface area contributed by atoms with Crippen LogP contribution < -0.4 is 4.90 Å². The van der Waals surface area contributed by atoms with Crippen molar-refractivity contribution in [1.82, 2.24) is 4.90 Å². The maximum absolute atomic E-state index is 14.4. The number of nitrogens with zero attached hydrogens (tertiary/aromatic N) is 2. The second-order valence-electron chi connectivity index (χ2n) is 11.9. The largest absolute Gasteiger partial charge is 0.394 e. The summed E-state index contributed by atoms with van der Waals surface area (Å²) in [7, 11) is 0. The van der Waals surface area contributed by atoms with Crippen LogP contribution in [0.1, 0.15) is 43.9 Å². The summed E-state index contributed by atoms with van der Waals surface area (Å²) < 4.78 is 6.79. The molecule has 0 aliphatic carbocycles. The van der Waals surface area contributed by atoms with Crippen molar-refractivity contribution in [3.8, 4) is 0 Å². The third kappa shape index (κ3) is 4.07. The minimum absolute atomic E-state index is 0.000196. The Bertz CT molecular complexity index is 1430. The highest BCUT2D eigenvalue weighted by Gasteiger charge is 2.66. The quantitative estimate of drug-likeness (QED) is 0.503. The van der Waals surface area contributed by atoms with Crippen molar-refractivity contribution in [1.29, 1.82) is 0 Å². The summed E-state index contributed by atoms with van der Waals surface area (Å²) >= 11 is 0. The molecule has 2 amide bonds. The number of hydrogen-bond donors (Lipinski definition) is 2. The monoisotopic (exact) mass is 540 g/mol. The molecule has 0 saturated carbocycles. The minimum Gasteiger partial charge on any atom is -0.394 e. The van der Waals surface area contributed by atoms with Crippen molar-refractivity contribution in [3.05, 3.63) is 95.6 Å². The average molecular weight is 541 g/mol. The van der Waals surface area contributed by atoms with Crippen molar-refractivity contribution in [2.75, 3.05) is 11.5 Å². The van der Waals surface area contributed by atoms with Crippen molar-refractivity contribution >= 4 is 23.2 Å². The van der Waals surface area contributed by atoms with Gasteiger partial charge in [0.1, 0.15) is 0 Å². The number of aliphatic hydroxyl groups is 2. The lowest BCUT2D eigenvalue weighted by Gasteiger charge is -2.38. The molecule has 0 bridgehead atoms. The average Bonchev–Trinajstić information content (AvgIpc) is 3.38. The Morgan fingerprint density at radius 2 is 1.65 bits per heavy atom. The number of anilines is 2. The maximum Gasteiger partial charge on any atom is 0.268 e. The van der Waals surface area contributed by atoms with Crippen molar-refractivity contribution in [2.24, 2.45) is 11.8 Å². The summed E-state index contributed by atoms with van der Waals surface area (Å²) in [5.41, 5.74) is 1.89. The molecule has 2 N–H and O–H groups in total. The van der Waals surface area contributed by atoms with Gasteiger partial charge in [-0.1, -0.05) is 67.6 Å². The molecule has 3 aliphatic rings. The first-order chi connectivity index (χ1) is 19.2. The number of ether oxygens (including phenoxy) is 1. The van der Waals surface area contributed by atoms with Crippen LogP contribution in [0.4, 0.5) is 11.4 Å². The van der Waals surface area contributed by atoms with Gasteiger partial charge in [-0.2, -0.15) is 0 Å². The fraction of sp³-hybridized carbons (Fsp3) is 0.394. The first kappa shape index (κ1) is 26.7. The van der Waals surface area contributed by atoms with E-state index in [1.165, 1.54) is 0 Å². The first-order valence-electron chi connectivity index (χ1n) is 14.0. The van der Waals surface area contributed by atoms with Gasteiger partial charge in [-0.15, -0.1) is 0 Å². The van der Waals surface area contributed by atoms with Crippen LogP contribution in [0.25, 0.3) is 0 Å². The Kier molecular flexibility index (Phi) is 6.56. The van der Waals surface area contributed by atoms with E-state index in [2.05, 4.69) is 0 Å². The Morgan fingerprint density at radius 3 is 2.35 bits per heavy atom. The number of benzene rings is 3. The molecule has 5 atom stereocenters. The predicted octanol–water partition coefficient (Wildman–Crippen LogP) is 4.32. The molecule has 7 heteroatoms. The van der Waals surface area contributed by atoms with E-state index in [1.54, 1.807) is 23.6 Å². The molecule has 3 aliphatic heterocycles. The van der Waals surface area contributed by atoms with Crippen LogP contribution in [-0.4, -0.2) is 51.3 Å². The van der Waals surface area contributed by atoms with Gasteiger partial charge in [-0.05, 0) is 49.6 Å². The van der Waals surface area contributed by atoms with E-state index >= 15 is 0 Å². The van der Waals surface area contributed by atoms with Gasteiger partial charge < -0.3 is 19.8 Å². The van der Waals surface area contributed by atoms with Gasteiger partial charge in [0.2, 0.25) is 5.91 Å². The molecule has 1 fully saturated rings. The van der Waals surface area contributed by atoms with Crippen LogP contribution in [0.15, 0.2) is 78.9 Å². The highest BCUT2D eigenvalue weighted by molar-refractivity contribution is 6.12. The van der Waals surface area contributed by atoms with E-state index in [0.29, 0.717) is 13.0 Å². The Balaban J connectivity index is 1.37. The van der Waals surface area contributed by atoms with E-state index in [1.807, 2.05) is 85.8 Å². The molecule has 6 rings (SSSR count). The van der Waals surface area contributed by atoms with Gasteiger partial charge in [0.15, 0.2) is 5.60 Å². The van der Waals surface area contributed by atoms with Crippen molar-refractivity contribution in [2.45, 2.75) is 63.5 Å². The van der Waals surface area contributed by atoms with Gasteiger partial charge in [0.05, 0.1) is 36.5 Å². The van der Waals surface area contributed by atoms with Crippen LogP contribution in [-0.2, 0) is 32.9 Å². The van der Waals surface area contributed by atoms with E-state index in [-0.39, 0.29) is 30.9 Å². The molecule has 7 nitrogen and oxygen atoms in total. The van der Waals surface area contributed by atoms with Crippen LogP contribution >= 0.6 is 0 Å². The number of carbonyl (C=O) groups is 2. The van der Waals surface area contributed by atoms with E-state index in [0.717, 1.165) is 28.1 Å². The number of fused-ring (bicyclic) bond motifs is 3. The fourth-order valence-corrected chi connectivity index (χ4v) is 7.32. The van der Waals surface area contributed by atoms with Crippen LogP contribution in [0.5, 0.6) is 0 Å². The molecular formula is C33H36N2O5. The number of hydrogen-bond acceptors (Lipinski definition) is 5. The predicted molar refractivity (Wildman–Crippen MR) is 152 cm³/mol. The summed E-state index contributed by atoms with van der Waals surface area (Å²) in [5.74, 6) is -1.27. The molecule has 3 aromatic carbocycles.